The molecule has 0 aromatic heterocycles. The number of rotatable bonds is 14. The highest BCUT2D eigenvalue weighted by molar-refractivity contribution is 4.47. The second-order valence-corrected chi connectivity index (χ2v) is 4.48. The summed E-state index contributed by atoms with van der Waals surface area (Å²) in [6.07, 6.45) is 9.11. The summed E-state index contributed by atoms with van der Waals surface area (Å²) in [5, 5.41) is 3.31. The Morgan fingerprint density at radius 1 is 0.765 bits per heavy atom. The molecule has 0 atom stereocenters. The van der Waals surface area contributed by atoms with Gasteiger partial charge in [0.05, 0.1) is 6.61 Å². The van der Waals surface area contributed by atoms with Crippen molar-refractivity contribution in [2.24, 2.45) is 0 Å². The second kappa shape index (κ2) is 15.9. The zero-order chi connectivity index (χ0) is 12.6. The third kappa shape index (κ3) is 15.9. The molecule has 0 aliphatic carbocycles. The lowest BCUT2D eigenvalue weighted by Gasteiger charge is -2.05. The van der Waals surface area contributed by atoms with Crippen molar-refractivity contribution in [2.75, 3.05) is 40.0 Å². The van der Waals surface area contributed by atoms with Gasteiger partial charge >= 0.3 is 0 Å². The van der Waals surface area contributed by atoms with Crippen molar-refractivity contribution < 1.29 is 9.47 Å². The predicted molar refractivity (Wildman–Crippen MR) is 73.6 cm³/mol. The Kier molecular flexibility index (Phi) is 15.8. The Balaban J connectivity index is 2.85. The molecule has 0 saturated carbocycles. The maximum Gasteiger partial charge on any atom is 0.0587 e. The number of hydrogen-bond acceptors (Lipinski definition) is 3. The summed E-state index contributed by atoms with van der Waals surface area (Å²) in [4.78, 5) is 0. The average Bonchev–Trinajstić information content (AvgIpc) is 2.35. The van der Waals surface area contributed by atoms with Crippen molar-refractivity contribution in [3.63, 3.8) is 0 Å². The molecule has 3 nitrogen and oxygen atoms in total. The summed E-state index contributed by atoms with van der Waals surface area (Å²) >= 11 is 0. The number of hydrogen-bond donors (Lipinski definition) is 1. The maximum absolute atomic E-state index is 5.58. The first-order chi connectivity index (χ1) is 8.41. The number of methoxy groups -OCH3 is 1. The first kappa shape index (κ1) is 16.9. The molecular weight excluding hydrogens is 214 g/mol. The van der Waals surface area contributed by atoms with Gasteiger partial charge in [-0.15, -0.1) is 0 Å². The van der Waals surface area contributed by atoms with Crippen molar-refractivity contribution in [3.8, 4) is 0 Å². The lowest BCUT2D eigenvalue weighted by Crippen LogP contribution is -2.21. The van der Waals surface area contributed by atoms with E-state index in [1.165, 1.54) is 38.5 Å². The normalized spacial score (nSPS) is 10.9. The highest BCUT2D eigenvalue weighted by atomic mass is 16.5. The maximum atomic E-state index is 5.58. The molecule has 0 aromatic rings. The molecule has 0 saturated heterocycles. The Labute approximate surface area is 107 Å². The quantitative estimate of drug-likeness (QED) is 0.477. The van der Waals surface area contributed by atoms with Crippen molar-refractivity contribution in [2.45, 2.75) is 51.9 Å². The van der Waals surface area contributed by atoms with Crippen LogP contribution in [-0.4, -0.2) is 40.0 Å². The van der Waals surface area contributed by atoms with Crippen LogP contribution in [0, 0.1) is 0 Å². The fraction of sp³-hybridized carbons (Fsp3) is 1.00. The molecule has 104 valence electrons. The fourth-order valence-electron chi connectivity index (χ4n) is 1.68. The Bertz CT molecular complexity index is 117. The van der Waals surface area contributed by atoms with Gasteiger partial charge in [0.15, 0.2) is 0 Å². The van der Waals surface area contributed by atoms with Crippen molar-refractivity contribution in [3.05, 3.63) is 0 Å². The summed E-state index contributed by atoms with van der Waals surface area (Å²) in [5.74, 6) is 0. The molecule has 0 radical (unpaired) electrons. The van der Waals surface area contributed by atoms with E-state index in [-0.39, 0.29) is 0 Å². The van der Waals surface area contributed by atoms with Crippen LogP contribution in [0.1, 0.15) is 51.9 Å². The molecule has 0 aliphatic rings. The van der Waals surface area contributed by atoms with Crippen molar-refractivity contribution in [1.82, 2.24) is 5.32 Å². The third-order valence-electron chi connectivity index (χ3n) is 2.77. The smallest absolute Gasteiger partial charge is 0.0587 e. The molecule has 3 heteroatoms. The van der Waals surface area contributed by atoms with Gasteiger partial charge in [-0.05, 0) is 19.4 Å². The number of unbranched alkanes of at least 4 members (excludes halogenated alkanes) is 5. The van der Waals surface area contributed by atoms with Gasteiger partial charge < -0.3 is 14.8 Å². The van der Waals surface area contributed by atoms with E-state index in [1.54, 1.807) is 7.11 Å². The predicted octanol–water partition coefficient (Wildman–Crippen LogP) is 2.99. The minimum absolute atomic E-state index is 0.790. The molecule has 0 fully saturated rings. The molecule has 0 amide bonds. The first-order valence-corrected chi connectivity index (χ1v) is 7.19. The van der Waals surface area contributed by atoms with Crippen molar-refractivity contribution >= 4 is 0 Å². The van der Waals surface area contributed by atoms with E-state index in [0.717, 1.165) is 39.3 Å². The standard InChI is InChI=1S/C14H31NO2/c1-3-4-5-6-7-8-12-17-13-9-10-15-11-14-16-2/h15H,3-14H2,1-2H3. The highest BCUT2D eigenvalue weighted by Crippen LogP contribution is 2.04. The van der Waals surface area contributed by atoms with Crippen LogP contribution < -0.4 is 5.32 Å². The largest absolute Gasteiger partial charge is 0.383 e. The molecule has 0 aromatic carbocycles. The van der Waals surface area contributed by atoms with Crippen LogP contribution in [-0.2, 0) is 9.47 Å². The van der Waals surface area contributed by atoms with E-state index < -0.39 is 0 Å². The summed E-state index contributed by atoms with van der Waals surface area (Å²) in [7, 11) is 1.73. The molecule has 0 spiro atoms. The van der Waals surface area contributed by atoms with E-state index in [4.69, 9.17) is 9.47 Å². The van der Waals surface area contributed by atoms with E-state index in [9.17, 15) is 0 Å². The summed E-state index contributed by atoms with van der Waals surface area (Å²) in [6.45, 7) is 6.83. The van der Waals surface area contributed by atoms with Gasteiger partial charge in [0.2, 0.25) is 0 Å². The molecule has 0 aliphatic heterocycles. The third-order valence-corrected chi connectivity index (χ3v) is 2.77. The Hall–Kier alpha value is -0.120. The number of nitrogens with one attached hydrogen (secondary N) is 1. The molecule has 0 unspecified atom stereocenters. The fourth-order valence-corrected chi connectivity index (χ4v) is 1.68. The number of ether oxygens (including phenoxy) is 2. The van der Waals surface area contributed by atoms with Crippen LogP contribution in [0.5, 0.6) is 0 Å². The molecule has 1 N–H and O–H groups in total. The van der Waals surface area contributed by atoms with E-state index in [1.807, 2.05) is 0 Å². The van der Waals surface area contributed by atoms with Gasteiger partial charge in [0.1, 0.15) is 0 Å². The van der Waals surface area contributed by atoms with E-state index >= 15 is 0 Å². The lowest BCUT2D eigenvalue weighted by molar-refractivity contribution is 0.126. The SMILES string of the molecule is CCCCCCCCOCCCNCCOC. The molecule has 0 bridgehead atoms. The van der Waals surface area contributed by atoms with Gasteiger partial charge in [-0.2, -0.15) is 0 Å². The van der Waals surface area contributed by atoms with Crippen LogP contribution in [0.2, 0.25) is 0 Å². The minimum atomic E-state index is 0.790. The van der Waals surface area contributed by atoms with Gasteiger partial charge in [-0.3, -0.25) is 0 Å². The molecule has 0 rings (SSSR count). The summed E-state index contributed by atoms with van der Waals surface area (Å²) < 4.78 is 10.5. The molecular formula is C14H31NO2. The van der Waals surface area contributed by atoms with Gasteiger partial charge in [-0.1, -0.05) is 39.0 Å². The Morgan fingerprint density at radius 3 is 2.24 bits per heavy atom. The summed E-state index contributed by atoms with van der Waals surface area (Å²) in [6, 6.07) is 0. The summed E-state index contributed by atoms with van der Waals surface area (Å²) in [5.41, 5.74) is 0. The molecule has 0 heterocycles. The Morgan fingerprint density at radius 2 is 1.47 bits per heavy atom. The van der Waals surface area contributed by atoms with E-state index in [0.29, 0.717) is 0 Å². The zero-order valence-electron chi connectivity index (χ0n) is 11.8. The topological polar surface area (TPSA) is 30.5 Å². The zero-order valence-corrected chi connectivity index (χ0v) is 11.8. The van der Waals surface area contributed by atoms with Gasteiger partial charge in [-0.25, -0.2) is 0 Å². The van der Waals surface area contributed by atoms with Crippen LogP contribution in [0.25, 0.3) is 0 Å². The van der Waals surface area contributed by atoms with Gasteiger partial charge in [0, 0.05) is 26.9 Å². The average molecular weight is 245 g/mol. The van der Waals surface area contributed by atoms with Crippen LogP contribution in [0.4, 0.5) is 0 Å². The highest BCUT2D eigenvalue weighted by Gasteiger charge is 1.92. The van der Waals surface area contributed by atoms with Crippen LogP contribution in [0.15, 0.2) is 0 Å². The van der Waals surface area contributed by atoms with Crippen LogP contribution >= 0.6 is 0 Å². The minimum Gasteiger partial charge on any atom is -0.383 e. The first-order valence-electron chi connectivity index (χ1n) is 7.19. The molecule has 17 heavy (non-hydrogen) atoms. The van der Waals surface area contributed by atoms with Gasteiger partial charge in [0.25, 0.3) is 0 Å². The lowest BCUT2D eigenvalue weighted by atomic mass is 10.1. The van der Waals surface area contributed by atoms with Crippen molar-refractivity contribution in [1.29, 1.82) is 0 Å². The van der Waals surface area contributed by atoms with E-state index in [2.05, 4.69) is 12.2 Å². The second-order valence-electron chi connectivity index (χ2n) is 4.48. The monoisotopic (exact) mass is 245 g/mol. The van der Waals surface area contributed by atoms with Crippen LogP contribution in [0.3, 0.4) is 0 Å².